The van der Waals surface area contributed by atoms with E-state index in [0.29, 0.717) is 13.1 Å². The average Bonchev–Trinajstić information content (AvgIpc) is 2.27. The third-order valence-electron chi connectivity index (χ3n) is 3.36. The summed E-state index contributed by atoms with van der Waals surface area (Å²) >= 11 is 0. The molecule has 1 unspecified atom stereocenters. The van der Waals surface area contributed by atoms with Crippen LogP contribution >= 0.6 is 0 Å². The average molecular weight is 271 g/mol. The van der Waals surface area contributed by atoms with Crippen LogP contribution < -0.4 is 5.32 Å². The fraction of sp³-hybridized carbons (Fsp3) is 0.929. The quantitative estimate of drug-likeness (QED) is 0.747. The van der Waals surface area contributed by atoms with Gasteiger partial charge in [-0.05, 0) is 18.9 Å². The predicted molar refractivity (Wildman–Crippen MR) is 77.0 cm³/mol. The van der Waals surface area contributed by atoms with Gasteiger partial charge in [0.2, 0.25) is 5.91 Å². The standard InChI is InChI=1S/C14H29N3O2/c1-14(2,3)9-12(18)10-15-11-13(19)17-7-5-16(4)6-8-17/h12,15,18H,5-11H2,1-4H3. The molecule has 0 aromatic rings. The van der Waals surface area contributed by atoms with E-state index in [1.54, 1.807) is 0 Å². The Morgan fingerprint density at radius 3 is 2.37 bits per heavy atom. The Morgan fingerprint density at radius 2 is 1.84 bits per heavy atom. The number of aliphatic hydroxyl groups excluding tert-OH is 1. The van der Waals surface area contributed by atoms with Crippen LogP contribution in [0.2, 0.25) is 0 Å². The van der Waals surface area contributed by atoms with Gasteiger partial charge in [-0.2, -0.15) is 0 Å². The van der Waals surface area contributed by atoms with Crippen LogP contribution in [0, 0.1) is 5.41 Å². The number of piperazine rings is 1. The highest BCUT2D eigenvalue weighted by Crippen LogP contribution is 2.20. The number of rotatable bonds is 5. The number of hydrogen-bond acceptors (Lipinski definition) is 4. The van der Waals surface area contributed by atoms with Gasteiger partial charge in [0.15, 0.2) is 0 Å². The Kier molecular flexibility index (Phi) is 6.23. The summed E-state index contributed by atoms with van der Waals surface area (Å²) in [5, 5.41) is 12.9. The lowest BCUT2D eigenvalue weighted by molar-refractivity contribution is -0.131. The molecule has 0 bridgehead atoms. The summed E-state index contributed by atoms with van der Waals surface area (Å²) in [6.07, 6.45) is 0.350. The first-order valence-corrected chi connectivity index (χ1v) is 7.13. The second-order valence-corrected chi connectivity index (χ2v) is 6.73. The van der Waals surface area contributed by atoms with E-state index >= 15 is 0 Å². The normalized spacial score (nSPS) is 19.5. The van der Waals surface area contributed by atoms with Crippen LogP contribution in [-0.4, -0.2) is 73.2 Å². The predicted octanol–water partition coefficient (Wildman–Crippen LogP) is 0.147. The first kappa shape index (κ1) is 16.4. The molecule has 0 aromatic carbocycles. The van der Waals surface area contributed by atoms with E-state index < -0.39 is 0 Å². The van der Waals surface area contributed by atoms with Gasteiger partial charge in [-0.25, -0.2) is 0 Å². The summed E-state index contributed by atoms with van der Waals surface area (Å²) in [5.41, 5.74) is 0.114. The summed E-state index contributed by atoms with van der Waals surface area (Å²) in [7, 11) is 2.07. The highest BCUT2D eigenvalue weighted by Gasteiger charge is 2.20. The molecule has 2 N–H and O–H groups in total. The van der Waals surface area contributed by atoms with Gasteiger partial charge in [0, 0.05) is 32.7 Å². The van der Waals surface area contributed by atoms with Gasteiger partial charge in [-0.3, -0.25) is 4.79 Å². The fourth-order valence-corrected chi connectivity index (χ4v) is 2.29. The minimum absolute atomic E-state index is 0.114. The molecule has 1 saturated heterocycles. The Labute approximate surface area is 117 Å². The first-order chi connectivity index (χ1) is 8.78. The minimum atomic E-state index is -0.389. The summed E-state index contributed by atoms with van der Waals surface area (Å²) in [6, 6.07) is 0. The zero-order valence-electron chi connectivity index (χ0n) is 12.8. The fourth-order valence-electron chi connectivity index (χ4n) is 2.29. The van der Waals surface area contributed by atoms with Crippen molar-refractivity contribution >= 4 is 5.91 Å². The maximum atomic E-state index is 11.9. The molecule has 0 aliphatic carbocycles. The summed E-state index contributed by atoms with van der Waals surface area (Å²) < 4.78 is 0. The SMILES string of the molecule is CN1CCN(C(=O)CNCC(O)CC(C)(C)C)CC1. The van der Waals surface area contributed by atoms with Crippen molar-refractivity contribution in [3.05, 3.63) is 0 Å². The van der Waals surface area contributed by atoms with Crippen LogP contribution in [0.25, 0.3) is 0 Å². The van der Waals surface area contributed by atoms with Crippen molar-refractivity contribution in [2.24, 2.45) is 5.41 Å². The summed E-state index contributed by atoms with van der Waals surface area (Å²) in [4.78, 5) is 16.1. The van der Waals surface area contributed by atoms with E-state index in [2.05, 4.69) is 38.0 Å². The van der Waals surface area contributed by atoms with Crippen molar-refractivity contribution < 1.29 is 9.90 Å². The number of carbonyl (C=O) groups is 1. The van der Waals surface area contributed by atoms with Crippen LogP contribution in [-0.2, 0) is 4.79 Å². The van der Waals surface area contributed by atoms with Crippen LogP contribution in [0.15, 0.2) is 0 Å². The van der Waals surface area contributed by atoms with Gasteiger partial charge in [0.25, 0.3) is 0 Å². The molecule has 5 heteroatoms. The van der Waals surface area contributed by atoms with Crippen LogP contribution in [0.5, 0.6) is 0 Å². The topological polar surface area (TPSA) is 55.8 Å². The molecule has 1 fully saturated rings. The number of aliphatic hydroxyl groups is 1. The molecule has 1 aliphatic heterocycles. The summed E-state index contributed by atoms with van der Waals surface area (Å²) in [6.45, 7) is 10.6. The van der Waals surface area contributed by atoms with Gasteiger partial charge in [0.05, 0.1) is 12.6 Å². The van der Waals surface area contributed by atoms with Gasteiger partial charge in [0.1, 0.15) is 0 Å². The van der Waals surface area contributed by atoms with E-state index in [0.717, 1.165) is 32.6 Å². The highest BCUT2D eigenvalue weighted by molar-refractivity contribution is 5.78. The van der Waals surface area contributed by atoms with Crippen LogP contribution in [0.1, 0.15) is 27.2 Å². The number of amides is 1. The molecule has 0 saturated carbocycles. The number of nitrogens with zero attached hydrogens (tertiary/aromatic N) is 2. The van der Waals surface area contributed by atoms with E-state index in [1.807, 2.05) is 4.90 Å². The monoisotopic (exact) mass is 271 g/mol. The third kappa shape index (κ3) is 6.89. The van der Waals surface area contributed by atoms with E-state index in [9.17, 15) is 9.90 Å². The molecule has 0 aromatic heterocycles. The van der Waals surface area contributed by atoms with Gasteiger partial charge in [-0.15, -0.1) is 0 Å². The molecular weight excluding hydrogens is 242 g/mol. The molecule has 1 amide bonds. The summed E-state index contributed by atoms with van der Waals surface area (Å²) in [5.74, 6) is 0.135. The lowest BCUT2D eigenvalue weighted by Crippen LogP contribution is -2.50. The van der Waals surface area contributed by atoms with Crippen molar-refractivity contribution in [1.29, 1.82) is 0 Å². The Bertz CT molecular complexity index is 281. The Balaban J connectivity index is 2.17. The molecule has 112 valence electrons. The van der Waals surface area contributed by atoms with Crippen molar-refractivity contribution in [3.8, 4) is 0 Å². The number of likely N-dealkylation sites (N-methyl/N-ethyl adjacent to an activating group) is 1. The van der Waals surface area contributed by atoms with Crippen molar-refractivity contribution in [1.82, 2.24) is 15.1 Å². The first-order valence-electron chi connectivity index (χ1n) is 7.13. The lowest BCUT2D eigenvalue weighted by Gasteiger charge is -2.32. The molecule has 1 atom stereocenters. The molecule has 1 heterocycles. The van der Waals surface area contributed by atoms with E-state index in [1.165, 1.54) is 0 Å². The molecule has 0 spiro atoms. The lowest BCUT2D eigenvalue weighted by atomic mass is 9.89. The van der Waals surface area contributed by atoms with Gasteiger partial charge >= 0.3 is 0 Å². The molecule has 19 heavy (non-hydrogen) atoms. The second-order valence-electron chi connectivity index (χ2n) is 6.73. The van der Waals surface area contributed by atoms with E-state index in [4.69, 9.17) is 0 Å². The van der Waals surface area contributed by atoms with Crippen molar-refractivity contribution in [2.45, 2.75) is 33.3 Å². The third-order valence-corrected chi connectivity index (χ3v) is 3.36. The Hall–Kier alpha value is -0.650. The number of carbonyl (C=O) groups excluding carboxylic acids is 1. The van der Waals surface area contributed by atoms with Crippen molar-refractivity contribution in [3.63, 3.8) is 0 Å². The van der Waals surface area contributed by atoms with Crippen LogP contribution in [0.4, 0.5) is 0 Å². The number of hydrogen-bond donors (Lipinski definition) is 2. The molecule has 1 rings (SSSR count). The smallest absolute Gasteiger partial charge is 0.236 e. The minimum Gasteiger partial charge on any atom is -0.392 e. The largest absolute Gasteiger partial charge is 0.392 e. The zero-order valence-corrected chi connectivity index (χ0v) is 12.8. The maximum Gasteiger partial charge on any atom is 0.236 e. The highest BCUT2D eigenvalue weighted by atomic mass is 16.3. The Morgan fingerprint density at radius 1 is 1.26 bits per heavy atom. The molecular formula is C14H29N3O2. The van der Waals surface area contributed by atoms with Crippen molar-refractivity contribution in [2.75, 3.05) is 46.3 Å². The van der Waals surface area contributed by atoms with E-state index in [-0.39, 0.29) is 17.4 Å². The van der Waals surface area contributed by atoms with Gasteiger partial charge in [-0.1, -0.05) is 20.8 Å². The molecule has 5 nitrogen and oxygen atoms in total. The second kappa shape index (κ2) is 7.22. The maximum absolute atomic E-state index is 11.9. The van der Waals surface area contributed by atoms with Crippen LogP contribution in [0.3, 0.4) is 0 Å². The molecule has 0 radical (unpaired) electrons. The molecule has 1 aliphatic rings. The van der Waals surface area contributed by atoms with Gasteiger partial charge < -0.3 is 20.2 Å². The number of nitrogens with one attached hydrogen (secondary N) is 1. The zero-order chi connectivity index (χ0) is 14.5.